The summed E-state index contributed by atoms with van der Waals surface area (Å²) in [5.41, 5.74) is 9.99. The van der Waals surface area contributed by atoms with Gasteiger partial charge in [-0.15, -0.1) is 0 Å². The number of hydrogen-bond donors (Lipinski definition) is 0. The van der Waals surface area contributed by atoms with Crippen LogP contribution in [-0.2, 0) is 10.8 Å². The van der Waals surface area contributed by atoms with Crippen LogP contribution in [0.2, 0.25) is 0 Å². The van der Waals surface area contributed by atoms with Crippen LogP contribution < -0.4 is 4.90 Å². The van der Waals surface area contributed by atoms with E-state index >= 15 is 0 Å². The van der Waals surface area contributed by atoms with E-state index in [1.807, 2.05) is 0 Å². The molecule has 0 radical (unpaired) electrons. The molecule has 0 spiro atoms. The predicted molar refractivity (Wildman–Crippen MR) is 194 cm³/mol. The van der Waals surface area contributed by atoms with E-state index in [0.29, 0.717) is 0 Å². The molecule has 0 bridgehead atoms. The van der Waals surface area contributed by atoms with Gasteiger partial charge in [-0.3, -0.25) is 0 Å². The Morgan fingerprint density at radius 1 is 0.705 bits per heavy atom. The van der Waals surface area contributed by atoms with Crippen molar-refractivity contribution in [3.8, 4) is 0 Å². The molecule has 0 fully saturated rings. The minimum atomic E-state index is -0.00400. The standard InChI is InChI=1S/C42H61N2/c1-8-11-13-15-21-32-43-37-26-19-17-24-35(37)41(4,5)39(43)30-28-34(23-10-3)29-31-40-42(6,7)36-25-18-20-27-38(36)44(40)33-22-16-14-12-9-2/h17-20,24-31H,8-16,21-23,32-33H2,1-7H3/q+1. The molecule has 0 saturated carbocycles. The Morgan fingerprint density at radius 3 is 2.05 bits per heavy atom. The van der Waals surface area contributed by atoms with Gasteiger partial charge in [0, 0.05) is 47.5 Å². The number of benzene rings is 2. The molecule has 2 heterocycles. The molecular weight excluding hydrogens is 532 g/mol. The Balaban J connectivity index is 1.65. The van der Waals surface area contributed by atoms with Crippen LogP contribution >= 0.6 is 0 Å². The molecule has 4 rings (SSSR count). The summed E-state index contributed by atoms with van der Waals surface area (Å²) >= 11 is 0. The number of unbranched alkanes of at least 4 members (excludes halogenated alkanes) is 8. The van der Waals surface area contributed by atoms with Crippen LogP contribution in [0.5, 0.6) is 0 Å². The van der Waals surface area contributed by atoms with Crippen molar-refractivity contribution in [1.82, 2.24) is 0 Å². The molecule has 0 saturated heterocycles. The molecule has 2 heteroatoms. The number of hydrogen-bond acceptors (Lipinski definition) is 1. The first-order valence-corrected chi connectivity index (χ1v) is 18.0. The van der Waals surface area contributed by atoms with E-state index in [0.717, 1.165) is 25.9 Å². The Hall–Kier alpha value is -2.87. The van der Waals surface area contributed by atoms with Gasteiger partial charge in [0.15, 0.2) is 5.71 Å². The number of rotatable bonds is 17. The summed E-state index contributed by atoms with van der Waals surface area (Å²) in [5, 5.41) is 0. The summed E-state index contributed by atoms with van der Waals surface area (Å²) in [5.74, 6) is 0. The minimum absolute atomic E-state index is 0.00400. The van der Waals surface area contributed by atoms with Crippen LogP contribution in [0, 0.1) is 0 Å². The van der Waals surface area contributed by atoms with Crippen LogP contribution in [0.4, 0.5) is 11.4 Å². The number of para-hydroxylation sites is 2. The quantitative estimate of drug-likeness (QED) is 0.100. The summed E-state index contributed by atoms with van der Waals surface area (Å²) in [6.45, 7) is 18.7. The van der Waals surface area contributed by atoms with E-state index in [9.17, 15) is 0 Å². The monoisotopic (exact) mass is 593 g/mol. The third-order valence-corrected chi connectivity index (χ3v) is 10.0. The summed E-state index contributed by atoms with van der Waals surface area (Å²) in [7, 11) is 0. The van der Waals surface area contributed by atoms with Crippen molar-refractivity contribution < 1.29 is 4.58 Å². The lowest BCUT2D eigenvalue weighted by Crippen LogP contribution is -2.28. The van der Waals surface area contributed by atoms with Gasteiger partial charge in [0.05, 0.1) is 5.41 Å². The van der Waals surface area contributed by atoms with E-state index < -0.39 is 0 Å². The topological polar surface area (TPSA) is 6.25 Å². The number of allylic oxidation sites excluding steroid dienone is 6. The van der Waals surface area contributed by atoms with Gasteiger partial charge in [-0.1, -0.05) is 135 Å². The zero-order valence-corrected chi connectivity index (χ0v) is 29.2. The Kier molecular flexibility index (Phi) is 12.3. The van der Waals surface area contributed by atoms with E-state index in [4.69, 9.17) is 0 Å². The summed E-state index contributed by atoms with van der Waals surface area (Å²) in [4.78, 5) is 2.62. The molecule has 2 aromatic rings. The number of anilines is 1. The maximum Gasteiger partial charge on any atom is 0.209 e. The third kappa shape index (κ3) is 7.67. The second-order valence-electron chi connectivity index (χ2n) is 14.2. The van der Waals surface area contributed by atoms with Crippen LogP contribution in [0.15, 0.2) is 84.1 Å². The summed E-state index contributed by atoms with van der Waals surface area (Å²) in [6, 6.07) is 18.2. The maximum absolute atomic E-state index is 2.62. The third-order valence-electron chi connectivity index (χ3n) is 10.0. The van der Waals surface area contributed by atoms with Crippen molar-refractivity contribution in [2.45, 2.75) is 136 Å². The van der Waals surface area contributed by atoms with Crippen molar-refractivity contribution in [3.05, 3.63) is 95.2 Å². The highest BCUT2D eigenvalue weighted by Gasteiger charge is 2.44. The fourth-order valence-electron chi connectivity index (χ4n) is 7.39. The first kappa shape index (κ1) is 34.0. The Bertz CT molecular complexity index is 1350. The largest absolute Gasteiger partial charge is 0.344 e. The second-order valence-corrected chi connectivity index (χ2v) is 14.2. The van der Waals surface area contributed by atoms with Gasteiger partial charge in [-0.05, 0) is 56.4 Å². The molecule has 0 aliphatic carbocycles. The fraction of sp³-hybridized carbons (Fsp3) is 0.548. The maximum atomic E-state index is 2.62. The van der Waals surface area contributed by atoms with Crippen LogP contribution in [-0.4, -0.2) is 23.4 Å². The molecule has 0 aromatic heterocycles. The molecular formula is C42H61N2+. The fourth-order valence-corrected chi connectivity index (χ4v) is 7.39. The van der Waals surface area contributed by atoms with Gasteiger partial charge >= 0.3 is 0 Å². The lowest BCUT2D eigenvalue weighted by Gasteiger charge is -2.27. The smallest absolute Gasteiger partial charge is 0.209 e. The lowest BCUT2D eigenvalue weighted by molar-refractivity contribution is -0.438. The molecule has 2 aliphatic heterocycles. The van der Waals surface area contributed by atoms with Crippen molar-refractivity contribution in [2.24, 2.45) is 0 Å². The van der Waals surface area contributed by atoms with Crippen LogP contribution in [0.1, 0.15) is 137 Å². The summed E-state index contributed by atoms with van der Waals surface area (Å²) < 4.78 is 2.62. The van der Waals surface area contributed by atoms with E-state index in [1.165, 1.54) is 104 Å². The molecule has 2 nitrogen and oxygen atoms in total. The average Bonchev–Trinajstić information content (AvgIpc) is 3.37. The average molecular weight is 594 g/mol. The van der Waals surface area contributed by atoms with Crippen molar-refractivity contribution in [2.75, 3.05) is 18.0 Å². The highest BCUT2D eigenvalue weighted by atomic mass is 15.2. The van der Waals surface area contributed by atoms with Crippen LogP contribution in [0.3, 0.4) is 0 Å². The molecule has 0 N–H and O–H groups in total. The Labute approximate surface area is 270 Å². The SMILES string of the molecule is CCCCCCCN1\C(=C/C=C(/C=C/C2=[N+](CCCCCCC)c3ccccc3C2(C)C)CCC)C(C)(C)c2ccccc21. The normalized spacial score (nSPS) is 18.1. The van der Waals surface area contributed by atoms with Gasteiger partial charge in [-0.25, -0.2) is 0 Å². The Morgan fingerprint density at radius 2 is 1.34 bits per heavy atom. The first-order chi connectivity index (χ1) is 21.3. The zero-order chi connectivity index (χ0) is 31.6. The van der Waals surface area contributed by atoms with Gasteiger partial charge in [0.2, 0.25) is 5.69 Å². The highest BCUT2D eigenvalue weighted by molar-refractivity contribution is 6.03. The minimum Gasteiger partial charge on any atom is -0.344 e. The summed E-state index contributed by atoms with van der Waals surface area (Å²) in [6.07, 6.45) is 25.1. The number of fused-ring (bicyclic) bond motifs is 2. The van der Waals surface area contributed by atoms with E-state index in [2.05, 4.69) is 131 Å². The van der Waals surface area contributed by atoms with Crippen molar-refractivity contribution in [3.63, 3.8) is 0 Å². The van der Waals surface area contributed by atoms with Gasteiger partial charge < -0.3 is 4.90 Å². The zero-order valence-electron chi connectivity index (χ0n) is 29.2. The van der Waals surface area contributed by atoms with Crippen LogP contribution in [0.25, 0.3) is 0 Å². The lowest BCUT2D eigenvalue weighted by atomic mass is 9.81. The van der Waals surface area contributed by atoms with Gasteiger partial charge in [-0.2, -0.15) is 4.58 Å². The molecule has 2 aromatic carbocycles. The predicted octanol–water partition coefficient (Wildman–Crippen LogP) is 12.0. The molecule has 44 heavy (non-hydrogen) atoms. The van der Waals surface area contributed by atoms with Crippen molar-refractivity contribution >= 4 is 17.1 Å². The van der Waals surface area contributed by atoms with Gasteiger partial charge in [0.25, 0.3) is 0 Å². The second kappa shape index (κ2) is 15.9. The van der Waals surface area contributed by atoms with E-state index in [1.54, 1.807) is 0 Å². The first-order valence-electron chi connectivity index (χ1n) is 18.0. The van der Waals surface area contributed by atoms with Crippen molar-refractivity contribution in [1.29, 1.82) is 0 Å². The molecule has 0 amide bonds. The highest BCUT2D eigenvalue weighted by Crippen LogP contribution is 2.48. The number of nitrogens with zero attached hydrogens (tertiary/aromatic N) is 2. The molecule has 238 valence electrons. The molecule has 0 atom stereocenters. The van der Waals surface area contributed by atoms with E-state index in [-0.39, 0.29) is 10.8 Å². The molecule has 0 unspecified atom stereocenters. The van der Waals surface area contributed by atoms with Gasteiger partial charge in [0.1, 0.15) is 6.54 Å². The molecule has 2 aliphatic rings.